The zero-order chi connectivity index (χ0) is 21.0. The number of para-hydroxylation sites is 1. The molecule has 0 aliphatic rings. The predicted octanol–water partition coefficient (Wildman–Crippen LogP) is 4.82. The molecule has 0 radical (unpaired) electrons. The monoisotopic (exact) mass is 424 g/mol. The molecule has 152 valence electrons. The predicted molar refractivity (Wildman–Crippen MR) is 110 cm³/mol. The van der Waals surface area contributed by atoms with E-state index >= 15 is 0 Å². The minimum Gasteiger partial charge on any atom is -0.477 e. The summed E-state index contributed by atoms with van der Waals surface area (Å²) in [4.78, 5) is 6.80. The smallest absolute Gasteiger partial charge is 0.246 e. The van der Waals surface area contributed by atoms with E-state index in [-0.39, 0.29) is 11.0 Å². The first kappa shape index (κ1) is 19.7. The van der Waals surface area contributed by atoms with Gasteiger partial charge in [0.05, 0.1) is 11.9 Å². The minimum atomic E-state index is -3.74. The van der Waals surface area contributed by atoms with E-state index in [4.69, 9.17) is 9.47 Å². The van der Waals surface area contributed by atoms with Crippen LogP contribution in [0.25, 0.3) is 11.3 Å². The van der Waals surface area contributed by atoms with Crippen molar-refractivity contribution in [3.8, 4) is 28.5 Å². The van der Waals surface area contributed by atoms with Gasteiger partial charge >= 0.3 is 0 Å². The van der Waals surface area contributed by atoms with E-state index in [0.717, 1.165) is 5.56 Å². The fraction of sp³-hybridized carbons (Fsp3) is 0.0455. The van der Waals surface area contributed by atoms with Gasteiger partial charge in [-0.05, 0) is 66.2 Å². The van der Waals surface area contributed by atoms with E-state index in [9.17, 15) is 12.8 Å². The fourth-order valence-corrected chi connectivity index (χ4v) is 3.55. The zero-order valence-electron chi connectivity index (χ0n) is 15.7. The number of hydrogen-bond acceptors (Lipinski definition) is 5. The summed E-state index contributed by atoms with van der Waals surface area (Å²) in [6.07, 6.45) is 1.45. The summed E-state index contributed by atoms with van der Waals surface area (Å²) in [6.45, 7) is 0. The third-order valence-corrected chi connectivity index (χ3v) is 5.41. The van der Waals surface area contributed by atoms with Crippen molar-refractivity contribution in [2.75, 3.05) is 5.94 Å². The molecule has 0 aliphatic carbocycles. The highest BCUT2D eigenvalue weighted by atomic mass is 32.2. The van der Waals surface area contributed by atoms with Crippen molar-refractivity contribution in [2.45, 2.75) is 5.16 Å². The maximum absolute atomic E-state index is 13.0. The van der Waals surface area contributed by atoms with Gasteiger partial charge < -0.3 is 14.5 Å². The molecule has 0 bridgehead atoms. The Kier molecular flexibility index (Phi) is 5.49. The first-order valence-corrected chi connectivity index (χ1v) is 10.6. The van der Waals surface area contributed by atoms with Crippen LogP contribution >= 0.6 is 0 Å². The summed E-state index contributed by atoms with van der Waals surface area (Å²) in [6, 6.07) is 21.4. The fourth-order valence-electron chi connectivity index (χ4n) is 2.67. The Morgan fingerprint density at radius 2 is 1.47 bits per heavy atom. The van der Waals surface area contributed by atoms with Gasteiger partial charge in [0.25, 0.3) is 0 Å². The Balaban J connectivity index is 1.44. The number of ether oxygens (including phenoxy) is 2. The Hall–Kier alpha value is -3.65. The number of H-pyrrole nitrogens is 1. The highest BCUT2D eigenvalue weighted by Gasteiger charge is 2.20. The molecular weight excluding hydrogens is 407 g/mol. The molecule has 4 aromatic rings. The summed E-state index contributed by atoms with van der Waals surface area (Å²) in [5.74, 6) is 0.682. The van der Waals surface area contributed by atoms with E-state index in [1.807, 2.05) is 6.07 Å². The number of aromatic amines is 1. The average molecular weight is 424 g/mol. The van der Waals surface area contributed by atoms with Crippen molar-refractivity contribution in [3.05, 3.63) is 90.9 Å². The highest BCUT2D eigenvalue weighted by Crippen LogP contribution is 2.26. The zero-order valence-corrected chi connectivity index (χ0v) is 16.5. The number of halogens is 1. The molecule has 3 aromatic carbocycles. The van der Waals surface area contributed by atoms with Crippen molar-refractivity contribution in [1.82, 2.24) is 9.97 Å². The molecule has 1 aromatic heterocycles. The van der Waals surface area contributed by atoms with Gasteiger partial charge in [-0.2, -0.15) is 0 Å². The number of hydrogen-bond donors (Lipinski definition) is 1. The van der Waals surface area contributed by atoms with Gasteiger partial charge in [-0.1, -0.05) is 18.2 Å². The molecule has 0 saturated heterocycles. The van der Waals surface area contributed by atoms with Gasteiger partial charge in [-0.25, -0.2) is 17.8 Å². The summed E-state index contributed by atoms with van der Waals surface area (Å²) >= 11 is 0. The Morgan fingerprint density at radius 3 is 2.13 bits per heavy atom. The van der Waals surface area contributed by atoms with Crippen molar-refractivity contribution >= 4 is 9.84 Å². The maximum atomic E-state index is 13.0. The van der Waals surface area contributed by atoms with Crippen LogP contribution < -0.4 is 9.47 Å². The second-order valence-electron chi connectivity index (χ2n) is 6.37. The molecule has 0 spiro atoms. The molecule has 0 fully saturated rings. The molecule has 8 heteroatoms. The third-order valence-electron chi connectivity index (χ3n) is 4.19. The van der Waals surface area contributed by atoms with Crippen LogP contribution in [0.2, 0.25) is 0 Å². The number of aromatic nitrogens is 2. The minimum absolute atomic E-state index is 0.167. The number of rotatable bonds is 7. The normalized spacial score (nSPS) is 11.2. The van der Waals surface area contributed by atoms with Crippen LogP contribution in [-0.4, -0.2) is 24.3 Å². The van der Waals surface area contributed by atoms with Crippen LogP contribution in [0.3, 0.4) is 0 Å². The van der Waals surface area contributed by atoms with Crippen LogP contribution in [0.5, 0.6) is 17.2 Å². The van der Waals surface area contributed by atoms with E-state index in [1.165, 1.54) is 30.5 Å². The van der Waals surface area contributed by atoms with E-state index in [0.29, 0.717) is 22.9 Å². The maximum Gasteiger partial charge on any atom is 0.246 e. The molecule has 0 aliphatic heterocycles. The van der Waals surface area contributed by atoms with Gasteiger partial charge in [0.2, 0.25) is 15.0 Å². The molecule has 4 rings (SSSR count). The SMILES string of the molecule is O=S(=O)(COc1ccccc1)c1ncc(-c2ccc(Oc3ccc(F)cc3)cc2)[nH]1. The molecule has 1 heterocycles. The first-order valence-electron chi connectivity index (χ1n) is 8.99. The molecule has 0 unspecified atom stereocenters. The Bertz CT molecular complexity index is 1220. The van der Waals surface area contributed by atoms with E-state index in [1.54, 1.807) is 48.5 Å². The molecule has 1 N–H and O–H groups in total. The number of benzene rings is 3. The average Bonchev–Trinajstić information content (AvgIpc) is 3.27. The molecule has 6 nitrogen and oxygen atoms in total. The van der Waals surface area contributed by atoms with E-state index in [2.05, 4.69) is 9.97 Å². The lowest BCUT2D eigenvalue weighted by atomic mass is 10.2. The van der Waals surface area contributed by atoms with Crippen LogP contribution in [0.1, 0.15) is 0 Å². The number of nitrogens with one attached hydrogen (secondary N) is 1. The number of imidazole rings is 1. The van der Waals surface area contributed by atoms with Crippen LogP contribution in [0.15, 0.2) is 90.2 Å². The van der Waals surface area contributed by atoms with Crippen molar-refractivity contribution < 1.29 is 22.3 Å². The van der Waals surface area contributed by atoms with Gasteiger partial charge in [-0.15, -0.1) is 0 Å². The molecular formula is C22H17FN2O4S. The second kappa shape index (κ2) is 8.38. The lowest BCUT2D eigenvalue weighted by Crippen LogP contribution is -2.14. The third kappa shape index (κ3) is 4.66. The van der Waals surface area contributed by atoms with Crippen molar-refractivity contribution in [3.63, 3.8) is 0 Å². The summed E-state index contributed by atoms with van der Waals surface area (Å²) < 4.78 is 48.9. The first-order chi connectivity index (χ1) is 14.5. The van der Waals surface area contributed by atoms with Crippen LogP contribution in [-0.2, 0) is 9.84 Å². The molecule has 30 heavy (non-hydrogen) atoms. The number of nitrogens with zero attached hydrogens (tertiary/aromatic N) is 1. The van der Waals surface area contributed by atoms with Gasteiger partial charge in [0.1, 0.15) is 23.1 Å². The quantitative estimate of drug-likeness (QED) is 0.460. The van der Waals surface area contributed by atoms with Crippen LogP contribution in [0, 0.1) is 5.82 Å². The standard InChI is InChI=1S/C22H17FN2O4S/c23-17-8-12-20(13-9-17)29-19-10-6-16(7-11-19)21-14-24-22(25-21)30(26,27)15-28-18-4-2-1-3-5-18/h1-14H,15H2,(H,24,25). The molecule has 0 atom stereocenters. The van der Waals surface area contributed by atoms with Gasteiger partial charge in [0, 0.05) is 0 Å². The summed E-state index contributed by atoms with van der Waals surface area (Å²) in [5.41, 5.74) is 1.28. The second-order valence-corrected chi connectivity index (χ2v) is 8.22. The number of sulfone groups is 1. The van der Waals surface area contributed by atoms with E-state index < -0.39 is 15.8 Å². The molecule has 0 saturated carbocycles. The Labute approximate surface area is 172 Å². The summed E-state index contributed by atoms with van der Waals surface area (Å²) in [5, 5.41) is -0.167. The lowest BCUT2D eigenvalue weighted by Gasteiger charge is -2.06. The summed E-state index contributed by atoms with van der Waals surface area (Å²) in [7, 11) is -3.74. The van der Waals surface area contributed by atoms with Gasteiger partial charge in [-0.3, -0.25) is 0 Å². The van der Waals surface area contributed by atoms with Crippen molar-refractivity contribution in [1.29, 1.82) is 0 Å². The largest absolute Gasteiger partial charge is 0.477 e. The van der Waals surface area contributed by atoms with Crippen LogP contribution in [0.4, 0.5) is 4.39 Å². The lowest BCUT2D eigenvalue weighted by molar-refractivity contribution is 0.375. The van der Waals surface area contributed by atoms with Crippen molar-refractivity contribution in [2.24, 2.45) is 0 Å². The topological polar surface area (TPSA) is 81.3 Å². The van der Waals surface area contributed by atoms with Gasteiger partial charge in [0.15, 0.2) is 5.94 Å². The highest BCUT2D eigenvalue weighted by molar-refractivity contribution is 7.91. The Morgan fingerprint density at radius 1 is 0.833 bits per heavy atom. The molecule has 0 amide bonds.